The van der Waals surface area contributed by atoms with Crippen molar-refractivity contribution in [2.75, 3.05) is 7.05 Å². The standard InChI is InChI=1S/C15H26N2O5/c1-12(18)17(13(2)19)16(3)14(20)10-8-6-4-5-7-9-11-15(21)22/h4-11H2,1-3H3,(H,21,22). The molecule has 22 heavy (non-hydrogen) atoms. The molecule has 0 unspecified atom stereocenters. The molecule has 7 heteroatoms. The van der Waals surface area contributed by atoms with Crippen LogP contribution in [0, 0.1) is 0 Å². The van der Waals surface area contributed by atoms with Crippen LogP contribution in [0.5, 0.6) is 0 Å². The second kappa shape index (κ2) is 10.8. The molecule has 0 radical (unpaired) electrons. The smallest absolute Gasteiger partial charge is 0.303 e. The van der Waals surface area contributed by atoms with Crippen molar-refractivity contribution in [3.05, 3.63) is 0 Å². The molecule has 3 amide bonds. The van der Waals surface area contributed by atoms with E-state index in [-0.39, 0.29) is 18.7 Å². The highest BCUT2D eigenvalue weighted by molar-refractivity contribution is 5.95. The molecular formula is C15H26N2O5. The first kappa shape index (κ1) is 20.1. The van der Waals surface area contributed by atoms with Gasteiger partial charge in [0.2, 0.25) is 17.7 Å². The van der Waals surface area contributed by atoms with Gasteiger partial charge in [0.15, 0.2) is 0 Å². The molecule has 0 aliphatic heterocycles. The Morgan fingerprint density at radius 3 is 1.59 bits per heavy atom. The fourth-order valence-corrected chi connectivity index (χ4v) is 2.18. The maximum absolute atomic E-state index is 11.9. The lowest BCUT2D eigenvalue weighted by Gasteiger charge is -2.28. The summed E-state index contributed by atoms with van der Waals surface area (Å²) in [5.74, 6) is -2.01. The quantitative estimate of drug-likeness (QED) is 0.518. The number of aliphatic carboxylic acids is 1. The number of carboxylic acids is 1. The van der Waals surface area contributed by atoms with Gasteiger partial charge in [0.05, 0.1) is 0 Å². The monoisotopic (exact) mass is 314 g/mol. The van der Waals surface area contributed by atoms with Crippen LogP contribution in [-0.4, -0.2) is 45.9 Å². The van der Waals surface area contributed by atoms with Crippen molar-refractivity contribution in [1.29, 1.82) is 0 Å². The number of hydrogen-bond donors (Lipinski definition) is 1. The minimum atomic E-state index is -0.769. The molecule has 0 aliphatic rings. The lowest BCUT2D eigenvalue weighted by Crippen LogP contribution is -2.49. The summed E-state index contributed by atoms with van der Waals surface area (Å²) >= 11 is 0. The Morgan fingerprint density at radius 2 is 1.18 bits per heavy atom. The van der Waals surface area contributed by atoms with Gasteiger partial charge in [-0.2, -0.15) is 5.01 Å². The summed E-state index contributed by atoms with van der Waals surface area (Å²) in [6.07, 6.45) is 5.49. The number of carboxylic acid groups (broad SMARTS) is 1. The summed E-state index contributed by atoms with van der Waals surface area (Å²) in [6, 6.07) is 0. The molecule has 0 atom stereocenters. The minimum absolute atomic E-state index is 0.204. The van der Waals surface area contributed by atoms with Gasteiger partial charge in [-0.25, -0.2) is 5.01 Å². The van der Waals surface area contributed by atoms with Crippen molar-refractivity contribution >= 4 is 23.7 Å². The summed E-state index contributed by atoms with van der Waals surface area (Å²) in [7, 11) is 1.41. The third kappa shape index (κ3) is 8.39. The number of nitrogens with zero attached hydrogens (tertiary/aromatic N) is 2. The predicted molar refractivity (Wildman–Crippen MR) is 80.5 cm³/mol. The molecule has 0 fully saturated rings. The summed E-state index contributed by atoms with van der Waals surface area (Å²) in [5.41, 5.74) is 0. The van der Waals surface area contributed by atoms with Crippen molar-refractivity contribution in [2.24, 2.45) is 0 Å². The highest BCUT2D eigenvalue weighted by atomic mass is 16.4. The Balaban J connectivity index is 3.87. The van der Waals surface area contributed by atoms with E-state index in [0.717, 1.165) is 35.7 Å². The van der Waals surface area contributed by atoms with Crippen molar-refractivity contribution in [3.8, 4) is 0 Å². The molecular weight excluding hydrogens is 288 g/mol. The van der Waals surface area contributed by atoms with Crippen LogP contribution in [0.15, 0.2) is 0 Å². The molecule has 0 spiro atoms. The highest BCUT2D eigenvalue weighted by Gasteiger charge is 2.23. The van der Waals surface area contributed by atoms with Crippen LogP contribution in [0.4, 0.5) is 0 Å². The van der Waals surface area contributed by atoms with Crippen LogP contribution in [0.25, 0.3) is 0 Å². The highest BCUT2D eigenvalue weighted by Crippen LogP contribution is 2.10. The maximum Gasteiger partial charge on any atom is 0.303 e. The van der Waals surface area contributed by atoms with Gasteiger partial charge >= 0.3 is 5.97 Å². The molecule has 7 nitrogen and oxygen atoms in total. The van der Waals surface area contributed by atoms with Crippen LogP contribution >= 0.6 is 0 Å². The van der Waals surface area contributed by atoms with Crippen LogP contribution in [0.3, 0.4) is 0 Å². The van der Waals surface area contributed by atoms with E-state index in [1.807, 2.05) is 0 Å². The van der Waals surface area contributed by atoms with E-state index in [9.17, 15) is 19.2 Å². The fourth-order valence-electron chi connectivity index (χ4n) is 2.18. The number of imide groups is 1. The molecule has 0 rings (SSSR count). The second-order valence-electron chi connectivity index (χ2n) is 5.28. The zero-order valence-electron chi connectivity index (χ0n) is 13.6. The lowest BCUT2D eigenvalue weighted by molar-refractivity contribution is -0.168. The van der Waals surface area contributed by atoms with Gasteiger partial charge in [-0.15, -0.1) is 0 Å². The predicted octanol–water partition coefficient (Wildman–Crippen LogP) is 1.96. The van der Waals surface area contributed by atoms with Gasteiger partial charge in [0.1, 0.15) is 0 Å². The third-order valence-corrected chi connectivity index (χ3v) is 3.29. The lowest BCUT2D eigenvalue weighted by atomic mass is 10.1. The van der Waals surface area contributed by atoms with Crippen LogP contribution in [0.1, 0.15) is 65.2 Å². The number of hydrogen-bond acceptors (Lipinski definition) is 4. The van der Waals surface area contributed by atoms with E-state index in [2.05, 4.69) is 0 Å². The molecule has 0 saturated heterocycles. The van der Waals surface area contributed by atoms with Crippen LogP contribution in [0.2, 0.25) is 0 Å². The van der Waals surface area contributed by atoms with E-state index < -0.39 is 17.8 Å². The number of unbranched alkanes of at least 4 members (excludes halogenated alkanes) is 5. The fraction of sp³-hybridized carbons (Fsp3) is 0.733. The van der Waals surface area contributed by atoms with E-state index in [0.29, 0.717) is 12.8 Å². The first-order valence-electron chi connectivity index (χ1n) is 7.57. The molecule has 0 bridgehead atoms. The average molecular weight is 314 g/mol. The van der Waals surface area contributed by atoms with E-state index in [1.165, 1.54) is 20.9 Å². The molecule has 0 heterocycles. The largest absolute Gasteiger partial charge is 0.481 e. The number of hydrazine groups is 1. The molecule has 1 N–H and O–H groups in total. The number of amides is 3. The van der Waals surface area contributed by atoms with E-state index >= 15 is 0 Å². The van der Waals surface area contributed by atoms with Gasteiger partial charge < -0.3 is 5.11 Å². The van der Waals surface area contributed by atoms with E-state index in [1.54, 1.807) is 0 Å². The van der Waals surface area contributed by atoms with Gasteiger partial charge in [0, 0.05) is 33.7 Å². The summed E-state index contributed by atoms with van der Waals surface area (Å²) in [5, 5.41) is 10.4. The number of carbonyl (C=O) groups excluding carboxylic acids is 3. The summed E-state index contributed by atoms with van der Waals surface area (Å²) in [6.45, 7) is 2.48. The van der Waals surface area contributed by atoms with Gasteiger partial charge in [0.25, 0.3) is 0 Å². The van der Waals surface area contributed by atoms with Crippen molar-refractivity contribution in [3.63, 3.8) is 0 Å². The summed E-state index contributed by atoms with van der Waals surface area (Å²) < 4.78 is 0. The first-order chi connectivity index (χ1) is 10.3. The molecule has 0 saturated carbocycles. The molecule has 0 aromatic rings. The molecule has 0 aliphatic carbocycles. The zero-order valence-corrected chi connectivity index (χ0v) is 13.6. The first-order valence-corrected chi connectivity index (χ1v) is 7.57. The Labute approximate surface area is 131 Å². The zero-order chi connectivity index (χ0) is 17.1. The van der Waals surface area contributed by atoms with Crippen molar-refractivity contribution in [2.45, 2.75) is 65.2 Å². The van der Waals surface area contributed by atoms with Crippen molar-refractivity contribution < 1.29 is 24.3 Å². The van der Waals surface area contributed by atoms with Crippen LogP contribution in [-0.2, 0) is 19.2 Å². The Hall–Kier alpha value is -1.92. The van der Waals surface area contributed by atoms with Gasteiger partial charge in [-0.1, -0.05) is 25.7 Å². The topological polar surface area (TPSA) is 95.0 Å². The Morgan fingerprint density at radius 1 is 0.773 bits per heavy atom. The van der Waals surface area contributed by atoms with Crippen LogP contribution < -0.4 is 0 Å². The van der Waals surface area contributed by atoms with Gasteiger partial charge in [-0.3, -0.25) is 19.2 Å². The number of rotatable bonds is 9. The average Bonchev–Trinajstić information content (AvgIpc) is 2.40. The molecule has 0 aromatic heterocycles. The van der Waals surface area contributed by atoms with Gasteiger partial charge in [-0.05, 0) is 12.8 Å². The minimum Gasteiger partial charge on any atom is -0.481 e. The molecule has 126 valence electrons. The SMILES string of the molecule is CC(=O)N(C(C)=O)N(C)C(=O)CCCCCCCCC(=O)O. The Kier molecular flexibility index (Phi) is 9.82. The number of carbonyl (C=O) groups is 4. The third-order valence-electron chi connectivity index (χ3n) is 3.29. The molecule has 0 aromatic carbocycles. The normalized spacial score (nSPS) is 10.1. The maximum atomic E-state index is 11.9. The van der Waals surface area contributed by atoms with E-state index in [4.69, 9.17) is 5.11 Å². The summed E-state index contributed by atoms with van der Waals surface area (Å²) in [4.78, 5) is 44.9. The second-order valence-corrected chi connectivity index (χ2v) is 5.28. The van der Waals surface area contributed by atoms with Crippen molar-refractivity contribution in [1.82, 2.24) is 10.0 Å². The Bertz CT molecular complexity index is 395.